The van der Waals surface area contributed by atoms with Crippen LogP contribution in [0.15, 0.2) is 29.2 Å². The van der Waals surface area contributed by atoms with Gasteiger partial charge in [0.15, 0.2) is 0 Å². The zero-order valence-corrected chi connectivity index (χ0v) is 14.6. The van der Waals surface area contributed by atoms with Crippen LogP contribution in [-0.4, -0.2) is 31.8 Å². The topological polar surface area (TPSA) is 54.4 Å². The van der Waals surface area contributed by atoms with Crippen molar-refractivity contribution in [3.63, 3.8) is 0 Å². The normalized spacial score (nSPS) is 11.2. The summed E-state index contributed by atoms with van der Waals surface area (Å²) in [6, 6.07) is 6.52. The molecular weight excluding hydrogens is 303 g/mol. The molecule has 0 heterocycles. The van der Waals surface area contributed by atoms with Crippen molar-refractivity contribution in [1.29, 1.82) is 0 Å². The molecule has 0 saturated carbocycles. The van der Waals surface area contributed by atoms with E-state index in [0.29, 0.717) is 0 Å². The van der Waals surface area contributed by atoms with Crippen LogP contribution in [0.25, 0.3) is 0 Å². The maximum absolute atomic E-state index is 10.9. The molecule has 1 rings (SSSR count). The molecule has 0 aliphatic rings. The van der Waals surface area contributed by atoms with Gasteiger partial charge in [0.2, 0.25) is 0 Å². The van der Waals surface area contributed by atoms with E-state index in [9.17, 15) is 8.42 Å². The van der Waals surface area contributed by atoms with Crippen LogP contribution in [0, 0.1) is 0 Å². The van der Waals surface area contributed by atoms with Gasteiger partial charge in [0.25, 0.3) is 10.1 Å². The monoisotopic (exact) mass is 334 g/mol. The summed E-state index contributed by atoms with van der Waals surface area (Å²) in [6.45, 7) is 2.25. The second-order valence-electron chi connectivity index (χ2n) is 6.05. The molecular formula is C18H31LiO3S. The van der Waals surface area contributed by atoms with Crippen molar-refractivity contribution < 1.29 is 13.0 Å². The van der Waals surface area contributed by atoms with Gasteiger partial charge in [0.1, 0.15) is 0 Å². The molecule has 0 aromatic heterocycles. The van der Waals surface area contributed by atoms with E-state index in [4.69, 9.17) is 4.55 Å². The molecule has 5 heteroatoms. The van der Waals surface area contributed by atoms with Crippen molar-refractivity contribution in [3.05, 3.63) is 29.8 Å². The molecule has 0 aliphatic heterocycles. The first kappa shape index (κ1) is 22.7. The fourth-order valence-corrected chi connectivity index (χ4v) is 3.12. The number of hydrogen-bond donors (Lipinski definition) is 1. The summed E-state index contributed by atoms with van der Waals surface area (Å²) >= 11 is 0. The molecule has 3 nitrogen and oxygen atoms in total. The van der Waals surface area contributed by atoms with E-state index < -0.39 is 10.1 Å². The molecule has 0 radical (unpaired) electrons. The molecule has 1 N–H and O–H groups in total. The van der Waals surface area contributed by atoms with Gasteiger partial charge in [-0.3, -0.25) is 4.55 Å². The van der Waals surface area contributed by atoms with Crippen LogP contribution < -0.4 is 0 Å². The van der Waals surface area contributed by atoms with Crippen LogP contribution in [0.1, 0.15) is 76.7 Å². The molecule has 128 valence electrons. The number of aryl methyl sites for hydroxylation is 1. The summed E-state index contributed by atoms with van der Waals surface area (Å²) in [5, 5.41) is 0. The van der Waals surface area contributed by atoms with Gasteiger partial charge in [-0.1, -0.05) is 76.8 Å². The SMILES string of the molecule is CCCCCCCCCCCCc1ccc(S(=O)(=O)O)cc1.[LiH]. The van der Waals surface area contributed by atoms with Crippen molar-refractivity contribution in [2.24, 2.45) is 0 Å². The van der Waals surface area contributed by atoms with E-state index in [2.05, 4.69) is 6.92 Å². The van der Waals surface area contributed by atoms with E-state index in [1.54, 1.807) is 12.1 Å². The first-order chi connectivity index (χ1) is 10.5. The molecule has 0 unspecified atom stereocenters. The fourth-order valence-electron chi connectivity index (χ4n) is 2.64. The Kier molecular flexibility index (Phi) is 12.9. The molecule has 0 amide bonds. The van der Waals surface area contributed by atoms with Crippen LogP contribution in [-0.2, 0) is 16.5 Å². The van der Waals surface area contributed by atoms with Crippen LogP contribution in [0.3, 0.4) is 0 Å². The van der Waals surface area contributed by atoms with Gasteiger partial charge in [-0.25, -0.2) is 0 Å². The van der Waals surface area contributed by atoms with Gasteiger partial charge in [-0.15, -0.1) is 0 Å². The zero-order chi connectivity index (χ0) is 16.3. The molecule has 0 saturated heterocycles. The van der Waals surface area contributed by atoms with Crippen molar-refractivity contribution >= 4 is 29.0 Å². The van der Waals surface area contributed by atoms with E-state index in [0.717, 1.165) is 18.4 Å². The van der Waals surface area contributed by atoms with Gasteiger partial charge in [-0.05, 0) is 30.5 Å². The molecule has 1 aromatic carbocycles. The van der Waals surface area contributed by atoms with Crippen molar-refractivity contribution in [1.82, 2.24) is 0 Å². The molecule has 23 heavy (non-hydrogen) atoms. The van der Waals surface area contributed by atoms with Gasteiger partial charge < -0.3 is 0 Å². The fraction of sp³-hybridized carbons (Fsp3) is 0.667. The minimum atomic E-state index is -4.06. The van der Waals surface area contributed by atoms with E-state index >= 15 is 0 Å². The summed E-state index contributed by atoms with van der Waals surface area (Å²) in [5.74, 6) is 0. The average molecular weight is 334 g/mol. The first-order valence-corrected chi connectivity index (χ1v) is 10.0. The maximum atomic E-state index is 10.9. The van der Waals surface area contributed by atoms with Crippen LogP contribution in [0.2, 0.25) is 0 Å². The predicted octanol–water partition coefficient (Wildman–Crippen LogP) is 4.75. The minimum absolute atomic E-state index is 0. The van der Waals surface area contributed by atoms with E-state index in [1.165, 1.54) is 69.9 Å². The first-order valence-electron chi connectivity index (χ1n) is 8.60. The number of unbranched alkanes of at least 4 members (excludes halogenated alkanes) is 9. The Bertz CT molecular complexity index is 498. The Morgan fingerprint density at radius 3 is 1.65 bits per heavy atom. The van der Waals surface area contributed by atoms with Gasteiger partial charge in [0.05, 0.1) is 4.90 Å². The summed E-state index contributed by atoms with van der Waals surface area (Å²) in [7, 11) is -4.06. The second kappa shape index (κ2) is 13.1. The van der Waals surface area contributed by atoms with Gasteiger partial charge in [0, 0.05) is 0 Å². The Balaban J connectivity index is 0.00000484. The third-order valence-electron chi connectivity index (χ3n) is 4.04. The molecule has 1 aromatic rings. The van der Waals surface area contributed by atoms with Crippen molar-refractivity contribution in [3.8, 4) is 0 Å². The summed E-state index contributed by atoms with van der Waals surface area (Å²) in [5.41, 5.74) is 1.13. The quantitative estimate of drug-likeness (QED) is 0.341. The van der Waals surface area contributed by atoms with Gasteiger partial charge in [-0.2, -0.15) is 8.42 Å². The second-order valence-corrected chi connectivity index (χ2v) is 7.47. The third-order valence-corrected chi connectivity index (χ3v) is 4.91. The van der Waals surface area contributed by atoms with Crippen LogP contribution in [0.4, 0.5) is 0 Å². The van der Waals surface area contributed by atoms with Gasteiger partial charge >= 0.3 is 18.9 Å². The molecule has 0 atom stereocenters. The summed E-state index contributed by atoms with van der Waals surface area (Å²) in [4.78, 5) is -0.0284. The molecule has 0 fully saturated rings. The Labute approximate surface area is 154 Å². The van der Waals surface area contributed by atoms with Crippen molar-refractivity contribution in [2.45, 2.75) is 82.4 Å². The summed E-state index contributed by atoms with van der Waals surface area (Å²) in [6.07, 6.45) is 14.1. The van der Waals surface area contributed by atoms with E-state index in [1.807, 2.05) is 0 Å². The van der Waals surface area contributed by atoms with E-state index in [-0.39, 0.29) is 23.8 Å². The predicted molar refractivity (Wildman–Crippen MR) is 99.0 cm³/mol. The van der Waals surface area contributed by atoms with Crippen LogP contribution >= 0.6 is 0 Å². The molecule has 0 bridgehead atoms. The number of hydrogen-bond acceptors (Lipinski definition) is 2. The number of rotatable bonds is 12. The number of benzene rings is 1. The third kappa shape index (κ3) is 11.0. The Morgan fingerprint density at radius 2 is 1.22 bits per heavy atom. The Morgan fingerprint density at radius 1 is 0.783 bits per heavy atom. The standard InChI is InChI=1S/C18H30O3S.Li.H/c1-2-3-4-5-6-7-8-9-10-11-12-17-13-15-18(16-14-17)22(19,20)21;;/h13-16H,2-12H2,1H3,(H,19,20,21);;. The average Bonchev–Trinajstić information content (AvgIpc) is 2.49. The van der Waals surface area contributed by atoms with Crippen molar-refractivity contribution in [2.75, 3.05) is 0 Å². The molecule has 0 spiro atoms. The van der Waals surface area contributed by atoms with Crippen LogP contribution in [0.5, 0.6) is 0 Å². The molecule has 0 aliphatic carbocycles. The zero-order valence-electron chi connectivity index (χ0n) is 13.8. The summed E-state index contributed by atoms with van der Waals surface area (Å²) < 4.78 is 30.8. The Hall–Kier alpha value is -0.273.